The van der Waals surface area contributed by atoms with E-state index in [0.29, 0.717) is 19.6 Å². The zero-order valence-corrected chi connectivity index (χ0v) is 12.5. The highest BCUT2D eigenvalue weighted by molar-refractivity contribution is 5.79. The third-order valence-corrected chi connectivity index (χ3v) is 4.73. The van der Waals surface area contributed by atoms with E-state index in [4.69, 9.17) is 10.5 Å². The normalized spacial score (nSPS) is 25.5. The number of benzene rings is 1. The summed E-state index contributed by atoms with van der Waals surface area (Å²) in [4.78, 5) is 14.8. The maximum atomic E-state index is 12.7. The first-order chi connectivity index (χ1) is 10.3. The largest absolute Gasteiger partial charge is 0.374 e. The maximum Gasteiger partial charge on any atom is 0.227 e. The maximum absolute atomic E-state index is 12.7. The molecular weight excluding hydrogens is 264 g/mol. The van der Waals surface area contributed by atoms with Gasteiger partial charge in [-0.3, -0.25) is 4.79 Å². The van der Waals surface area contributed by atoms with Crippen LogP contribution in [0.25, 0.3) is 0 Å². The Kier molecular flexibility index (Phi) is 4.56. The van der Waals surface area contributed by atoms with E-state index < -0.39 is 0 Å². The van der Waals surface area contributed by atoms with Crippen molar-refractivity contribution in [3.8, 4) is 0 Å². The number of ether oxygens (including phenoxy) is 1. The zero-order chi connectivity index (χ0) is 14.7. The lowest BCUT2D eigenvalue weighted by molar-refractivity contribution is -0.148. The third kappa shape index (κ3) is 3.11. The fourth-order valence-electron chi connectivity index (χ4n) is 3.60. The van der Waals surface area contributed by atoms with Crippen LogP contribution < -0.4 is 5.73 Å². The Morgan fingerprint density at radius 3 is 2.81 bits per heavy atom. The molecule has 0 aromatic heterocycles. The molecule has 21 heavy (non-hydrogen) atoms. The molecule has 0 bridgehead atoms. The van der Waals surface area contributed by atoms with Crippen LogP contribution in [0.3, 0.4) is 0 Å². The minimum atomic E-state index is 0.219. The van der Waals surface area contributed by atoms with Crippen LogP contribution >= 0.6 is 0 Å². The lowest BCUT2D eigenvalue weighted by Gasteiger charge is -2.44. The highest BCUT2D eigenvalue weighted by Crippen LogP contribution is 2.29. The average molecular weight is 288 g/mol. The summed E-state index contributed by atoms with van der Waals surface area (Å²) in [5.74, 6) is 0.219. The molecular formula is C17H24N2O2. The van der Waals surface area contributed by atoms with Crippen molar-refractivity contribution in [2.45, 2.75) is 50.8 Å². The topological polar surface area (TPSA) is 55.6 Å². The van der Waals surface area contributed by atoms with Gasteiger partial charge >= 0.3 is 0 Å². The molecule has 3 rings (SSSR count). The number of hydrogen-bond donors (Lipinski definition) is 1. The van der Waals surface area contributed by atoms with Crippen LogP contribution in [-0.2, 0) is 22.5 Å². The Labute approximate surface area is 126 Å². The summed E-state index contributed by atoms with van der Waals surface area (Å²) in [7, 11) is 0. The first-order valence-electron chi connectivity index (χ1n) is 7.97. The van der Waals surface area contributed by atoms with Gasteiger partial charge in [0.2, 0.25) is 5.91 Å². The molecule has 1 aliphatic carbocycles. The van der Waals surface area contributed by atoms with Gasteiger partial charge in [-0.15, -0.1) is 0 Å². The van der Waals surface area contributed by atoms with Crippen LogP contribution in [0.4, 0.5) is 0 Å². The number of amides is 1. The summed E-state index contributed by atoms with van der Waals surface area (Å²) in [5.41, 5.74) is 7.89. The van der Waals surface area contributed by atoms with Crippen molar-refractivity contribution in [2.24, 2.45) is 5.73 Å². The third-order valence-electron chi connectivity index (χ3n) is 4.73. The summed E-state index contributed by atoms with van der Waals surface area (Å²) in [6.07, 6.45) is 5.30. The fraction of sp³-hybridized carbons (Fsp3) is 0.588. The molecule has 1 aliphatic heterocycles. The summed E-state index contributed by atoms with van der Waals surface area (Å²) >= 11 is 0. The Morgan fingerprint density at radius 2 is 2.00 bits per heavy atom. The van der Waals surface area contributed by atoms with Crippen LogP contribution in [0.15, 0.2) is 24.3 Å². The molecule has 1 saturated carbocycles. The molecule has 4 nitrogen and oxygen atoms in total. The van der Waals surface area contributed by atoms with Crippen LogP contribution in [0.2, 0.25) is 0 Å². The van der Waals surface area contributed by atoms with E-state index in [1.807, 2.05) is 24.3 Å². The Hall–Kier alpha value is -1.39. The fourth-order valence-corrected chi connectivity index (χ4v) is 3.60. The number of fused-ring (bicyclic) bond motifs is 1. The van der Waals surface area contributed by atoms with Crippen LogP contribution in [-0.4, -0.2) is 36.1 Å². The number of nitrogens with zero attached hydrogens (tertiary/aromatic N) is 1. The molecule has 0 spiro atoms. The minimum absolute atomic E-state index is 0.219. The Morgan fingerprint density at radius 1 is 1.24 bits per heavy atom. The van der Waals surface area contributed by atoms with Gasteiger partial charge in [0.25, 0.3) is 0 Å². The van der Waals surface area contributed by atoms with Gasteiger partial charge in [0.15, 0.2) is 0 Å². The SMILES string of the molecule is NCc1ccccc1CC(=O)N1CCOC2CCCCC21. The molecule has 4 heteroatoms. The molecule has 2 atom stereocenters. The van der Waals surface area contributed by atoms with Crippen molar-refractivity contribution in [1.82, 2.24) is 4.90 Å². The molecule has 2 unspecified atom stereocenters. The molecule has 2 N–H and O–H groups in total. The predicted molar refractivity (Wildman–Crippen MR) is 81.7 cm³/mol. The lowest BCUT2D eigenvalue weighted by atomic mass is 9.89. The first kappa shape index (κ1) is 14.5. The summed E-state index contributed by atoms with van der Waals surface area (Å²) < 4.78 is 5.84. The summed E-state index contributed by atoms with van der Waals surface area (Å²) in [6, 6.07) is 8.25. The molecule has 0 radical (unpaired) electrons. The smallest absolute Gasteiger partial charge is 0.227 e. The van der Waals surface area contributed by atoms with Crippen LogP contribution in [0.1, 0.15) is 36.8 Å². The second-order valence-electron chi connectivity index (χ2n) is 6.00. The number of morpholine rings is 1. The van der Waals surface area contributed by atoms with E-state index in [-0.39, 0.29) is 18.1 Å². The molecule has 2 aliphatic rings. The average Bonchev–Trinajstić information content (AvgIpc) is 2.54. The van der Waals surface area contributed by atoms with Gasteiger partial charge in [0.05, 0.1) is 25.2 Å². The number of carbonyl (C=O) groups is 1. The van der Waals surface area contributed by atoms with Crippen molar-refractivity contribution < 1.29 is 9.53 Å². The standard InChI is InChI=1S/C17H24N2O2/c18-12-14-6-2-1-5-13(14)11-17(20)19-9-10-21-16-8-4-3-7-15(16)19/h1-2,5-6,15-16H,3-4,7-12,18H2. The number of carbonyl (C=O) groups excluding carboxylic acids is 1. The first-order valence-corrected chi connectivity index (χ1v) is 7.97. The van der Waals surface area contributed by atoms with E-state index in [2.05, 4.69) is 4.90 Å². The van der Waals surface area contributed by atoms with Gasteiger partial charge in [-0.05, 0) is 24.0 Å². The molecule has 1 aromatic rings. The van der Waals surface area contributed by atoms with Crippen molar-refractivity contribution in [1.29, 1.82) is 0 Å². The highest BCUT2D eigenvalue weighted by Gasteiger charge is 2.36. The Bertz CT molecular complexity index is 501. The molecule has 1 heterocycles. The second-order valence-corrected chi connectivity index (χ2v) is 6.00. The monoisotopic (exact) mass is 288 g/mol. The van der Waals surface area contributed by atoms with Gasteiger partial charge in [-0.1, -0.05) is 37.1 Å². The van der Waals surface area contributed by atoms with Crippen LogP contribution in [0.5, 0.6) is 0 Å². The zero-order valence-electron chi connectivity index (χ0n) is 12.5. The van der Waals surface area contributed by atoms with Gasteiger partial charge in [0, 0.05) is 13.1 Å². The molecule has 114 valence electrons. The second kappa shape index (κ2) is 6.58. The minimum Gasteiger partial charge on any atom is -0.374 e. The van der Waals surface area contributed by atoms with Gasteiger partial charge in [-0.25, -0.2) is 0 Å². The van der Waals surface area contributed by atoms with E-state index in [1.165, 1.54) is 12.8 Å². The van der Waals surface area contributed by atoms with Crippen molar-refractivity contribution >= 4 is 5.91 Å². The van der Waals surface area contributed by atoms with Crippen LogP contribution in [0, 0.1) is 0 Å². The van der Waals surface area contributed by atoms with Crippen molar-refractivity contribution in [2.75, 3.05) is 13.2 Å². The van der Waals surface area contributed by atoms with E-state index >= 15 is 0 Å². The molecule has 1 aromatic carbocycles. The van der Waals surface area contributed by atoms with Crippen molar-refractivity contribution in [3.63, 3.8) is 0 Å². The quantitative estimate of drug-likeness (QED) is 0.923. The molecule has 2 fully saturated rings. The summed E-state index contributed by atoms with van der Waals surface area (Å²) in [6.45, 7) is 1.88. The van der Waals surface area contributed by atoms with E-state index in [0.717, 1.165) is 30.5 Å². The lowest BCUT2D eigenvalue weighted by Crippen LogP contribution is -2.55. The Balaban J connectivity index is 1.72. The van der Waals surface area contributed by atoms with Crippen molar-refractivity contribution in [3.05, 3.63) is 35.4 Å². The van der Waals surface area contributed by atoms with Gasteiger partial charge in [-0.2, -0.15) is 0 Å². The van der Waals surface area contributed by atoms with Gasteiger partial charge in [0.1, 0.15) is 0 Å². The van der Waals surface area contributed by atoms with Gasteiger partial charge < -0.3 is 15.4 Å². The number of hydrogen-bond acceptors (Lipinski definition) is 3. The number of rotatable bonds is 3. The number of nitrogens with two attached hydrogens (primary N) is 1. The highest BCUT2D eigenvalue weighted by atomic mass is 16.5. The van der Waals surface area contributed by atoms with E-state index in [9.17, 15) is 4.79 Å². The van der Waals surface area contributed by atoms with E-state index in [1.54, 1.807) is 0 Å². The molecule has 1 amide bonds. The molecule has 1 saturated heterocycles. The summed E-state index contributed by atoms with van der Waals surface area (Å²) in [5, 5.41) is 0. The predicted octanol–water partition coefficient (Wildman–Crippen LogP) is 1.86.